The van der Waals surface area contributed by atoms with E-state index in [4.69, 9.17) is 4.74 Å². The van der Waals surface area contributed by atoms with Gasteiger partial charge >= 0.3 is 12.1 Å². The number of amides is 2. The molecule has 1 aromatic carbocycles. The van der Waals surface area contributed by atoms with Crippen LogP contribution >= 0.6 is 0 Å². The molecule has 154 valence electrons. The molecule has 0 bridgehead atoms. The molecule has 0 spiro atoms. The van der Waals surface area contributed by atoms with Crippen molar-refractivity contribution in [3.8, 4) is 0 Å². The van der Waals surface area contributed by atoms with E-state index in [0.29, 0.717) is 24.9 Å². The molecular formula is C21H30N2O5. The van der Waals surface area contributed by atoms with Crippen LogP contribution in [0.3, 0.4) is 0 Å². The number of piperidine rings is 1. The van der Waals surface area contributed by atoms with E-state index < -0.39 is 17.7 Å². The third kappa shape index (κ3) is 6.64. The van der Waals surface area contributed by atoms with Crippen molar-refractivity contribution in [3.05, 3.63) is 35.4 Å². The lowest BCUT2D eigenvalue weighted by Crippen LogP contribution is -2.46. The van der Waals surface area contributed by atoms with Gasteiger partial charge in [-0.1, -0.05) is 18.6 Å². The molecule has 7 heteroatoms. The molecule has 7 nitrogen and oxygen atoms in total. The SMILES string of the molecule is COC(=O)c1ccc(CCN(C=O)C(=O)OC(C)(C)CN2CCCCC2)cc1. The van der Waals surface area contributed by atoms with Gasteiger partial charge in [0.25, 0.3) is 0 Å². The minimum Gasteiger partial charge on any atom is -0.465 e. The van der Waals surface area contributed by atoms with Crippen molar-refractivity contribution in [2.45, 2.75) is 45.1 Å². The molecule has 0 radical (unpaired) electrons. The average Bonchev–Trinajstić information content (AvgIpc) is 2.68. The minimum atomic E-state index is -0.669. The molecule has 1 heterocycles. The zero-order chi connectivity index (χ0) is 20.6. The number of likely N-dealkylation sites (tertiary alicyclic amines) is 1. The van der Waals surface area contributed by atoms with E-state index in [2.05, 4.69) is 9.64 Å². The standard InChI is InChI=1S/C21H30N2O5/c1-21(2,15-22-12-5-4-6-13-22)28-20(26)23(16-24)14-11-17-7-9-18(10-8-17)19(25)27-3/h7-10,16H,4-6,11-15H2,1-3H3. The molecule has 0 N–H and O–H groups in total. The quantitative estimate of drug-likeness (QED) is 0.502. The third-order valence-corrected chi connectivity index (χ3v) is 4.79. The number of esters is 1. The first-order valence-corrected chi connectivity index (χ1v) is 9.69. The molecule has 1 aliphatic rings. The van der Waals surface area contributed by atoms with Gasteiger partial charge < -0.3 is 9.47 Å². The van der Waals surface area contributed by atoms with Crippen LogP contribution in [-0.2, 0) is 20.7 Å². The van der Waals surface area contributed by atoms with Crippen LogP contribution in [0.1, 0.15) is 49.0 Å². The van der Waals surface area contributed by atoms with E-state index in [1.807, 2.05) is 13.8 Å². The Labute approximate surface area is 166 Å². The first kappa shape index (κ1) is 21.9. The van der Waals surface area contributed by atoms with Crippen LogP contribution in [0.2, 0.25) is 0 Å². The Morgan fingerprint density at radius 3 is 2.36 bits per heavy atom. The number of ether oxygens (including phenoxy) is 2. The van der Waals surface area contributed by atoms with E-state index in [0.717, 1.165) is 23.6 Å². The van der Waals surface area contributed by atoms with Crippen molar-refractivity contribution >= 4 is 18.5 Å². The zero-order valence-corrected chi connectivity index (χ0v) is 17.0. The molecule has 1 aromatic rings. The van der Waals surface area contributed by atoms with Crippen molar-refractivity contribution in [2.75, 3.05) is 33.3 Å². The normalized spacial score (nSPS) is 15.0. The van der Waals surface area contributed by atoms with Gasteiger partial charge in [-0.05, 0) is 63.9 Å². The van der Waals surface area contributed by atoms with Crippen LogP contribution in [0, 0.1) is 0 Å². The van der Waals surface area contributed by atoms with Gasteiger partial charge in [0, 0.05) is 13.1 Å². The second-order valence-electron chi connectivity index (χ2n) is 7.70. The summed E-state index contributed by atoms with van der Waals surface area (Å²) in [6.07, 6.45) is 3.92. The fourth-order valence-corrected chi connectivity index (χ4v) is 3.35. The lowest BCUT2D eigenvalue weighted by Gasteiger charge is -2.35. The van der Waals surface area contributed by atoms with Gasteiger partial charge in [-0.25, -0.2) is 14.5 Å². The smallest absolute Gasteiger partial charge is 0.416 e. The van der Waals surface area contributed by atoms with Crippen LogP contribution in [0.25, 0.3) is 0 Å². The van der Waals surface area contributed by atoms with E-state index >= 15 is 0 Å². The number of hydrogen-bond donors (Lipinski definition) is 0. The molecule has 0 aliphatic carbocycles. The van der Waals surface area contributed by atoms with Crippen molar-refractivity contribution in [3.63, 3.8) is 0 Å². The van der Waals surface area contributed by atoms with Crippen LogP contribution in [0.4, 0.5) is 4.79 Å². The number of carbonyl (C=O) groups is 3. The summed E-state index contributed by atoms with van der Waals surface area (Å²) >= 11 is 0. The Kier molecular flexibility index (Phi) is 7.99. The van der Waals surface area contributed by atoms with Gasteiger partial charge in [-0.3, -0.25) is 9.69 Å². The number of imide groups is 1. The summed E-state index contributed by atoms with van der Waals surface area (Å²) in [6.45, 7) is 6.63. The van der Waals surface area contributed by atoms with Gasteiger partial charge in [0.05, 0.1) is 12.7 Å². The summed E-state index contributed by atoms with van der Waals surface area (Å²) in [6, 6.07) is 6.88. The minimum absolute atomic E-state index is 0.208. The highest BCUT2D eigenvalue weighted by atomic mass is 16.6. The Morgan fingerprint density at radius 2 is 1.79 bits per heavy atom. The van der Waals surface area contributed by atoms with Gasteiger partial charge in [0.1, 0.15) is 5.60 Å². The molecule has 0 atom stereocenters. The summed E-state index contributed by atoms with van der Waals surface area (Å²) < 4.78 is 10.3. The number of rotatable bonds is 8. The van der Waals surface area contributed by atoms with Crippen molar-refractivity contribution in [1.29, 1.82) is 0 Å². The predicted octanol–water partition coefficient (Wildman–Crippen LogP) is 2.88. The maximum atomic E-state index is 12.4. The molecule has 1 fully saturated rings. The molecule has 2 rings (SSSR count). The van der Waals surface area contributed by atoms with E-state index in [1.165, 1.54) is 26.4 Å². The number of methoxy groups -OCH3 is 1. The highest BCUT2D eigenvalue weighted by molar-refractivity contribution is 5.89. The molecule has 1 saturated heterocycles. The first-order chi connectivity index (χ1) is 13.3. The van der Waals surface area contributed by atoms with Crippen LogP contribution in [0.5, 0.6) is 0 Å². The highest BCUT2D eigenvalue weighted by Gasteiger charge is 2.29. The van der Waals surface area contributed by atoms with E-state index in [1.54, 1.807) is 24.3 Å². The van der Waals surface area contributed by atoms with Gasteiger partial charge in [0.2, 0.25) is 6.41 Å². The second kappa shape index (κ2) is 10.2. The molecule has 0 unspecified atom stereocenters. The monoisotopic (exact) mass is 390 g/mol. The fraction of sp³-hybridized carbons (Fsp3) is 0.571. The maximum absolute atomic E-state index is 12.4. The molecule has 0 saturated carbocycles. The Morgan fingerprint density at radius 1 is 1.14 bits per heavy atom. The van der Waals surface area contributed by atoms with Crippen LogP contribution < -0.4 is 0 Å². The van der Waals surface area contributed by atoms with Crippen molar-refractivity contribution < 1.29 is 23.9 Å². The van der Waals surface area contributed by atoms with Gasteiger partial charge in [-0.2, -0.15) is 0 Å². The second-order valence-corrected chi connectivity index (χ2v) is 7.70. The zero-order valence-electron chi connectivity index (χ0n) is 17.0. The van der Waals surface area contributed by atoms with Gasteiger partial charge in [-0.15, -0.1) is 0 Å². The molecular weight excluding hydrogens is 360 g/mol. The Hall–Kier alpha value is -2.41. The van der Waals surface area contributed by atoms with Crippen molar-refractivity contribution in [1.82, 2.24) is 9.80 Å². The molecule has 28 heavy (non-hydrogen) atoms. The summed E-state index contributed by atoms with van der Waals surface area (Å²) in [4.78, 5) is 38.6. The summed E-state index contributed by atoms with van der Waals surface area (Å²) in [5, 5.41) is 0. The number of benzene rings is 1. The van der Waals surface area contributed by atoms with E-state index in [9.17, 15) is 14.4 Å². The molecule has 0 aromatic heterocycles. The predicted molar refractivity (Wildman–Crippen MR) is 105 cm³/mol. The van der Waals surface area contributed by atoms with Crippen LogP contribution in [0.15, 0.2) is 24.3 Å². The van der Waals surface area contributed by atoms with Crippen LogP contribution in [-0.4, -0.2) is 67.2 Å². The molecule has 2 amide bonds. The number of carbonyl (C=O) groups excluding carboxylic acids is 3. The van der Waals surface area contributed by atoms with Gasteiger partial charge in [0.15, 0.2) is 0 Å². The lowest BCUT2D eigenvalue weighted by molar-refractivity contribution is -0.118. The summed E-state index contributed by atoms with van der Waals surface area (Å²) in [5.41, 5.74) is 0.690. The first-order valence-electron chi connectivity index (χ1n) is 9.69. The topological polar surface area (TPSA) is 76.1 Å². The summed E-state index contributed by atoms with van der Waals surface area (Å²) in [5.74, 6) is -0.402. The number of nitrogens with zero attached hydrogens (tertiary/aromatic N) is 2. The maximum Gasteiger partial charge on any atom is 0.416 e. The fourth-order valence-electron chi connectivity index (χ4n) is 3.35. The highest BCUT2D eigenvalue weighted by Crippen LogP contribution is 2.17. The number of hydrogen-bond acceptors (Lipinski definition) is 6. The third-order valence-electron chi connectivity index (χ3n) is 4.79. The Bertz CT molecular complexity index is 666. The largest absolute Gasteiger partial charge is 0.465 e. The van der Waals surface area contributed by atoms with Crippen molar-refractivity contribution in [2.24, 2.45) is 0 Å². The summed E-state index contributed by atoms with van der Waals surface area (Å²) in [7, 11) is 1.33. The lowest BCUT2D eigenvalue weighted by atomic mass is 10.1. The van der Waals surface area contributed by atoms with E-state index in [-0.39, 0.29) is 6.54 Å². The molecule has 1 aliphatic heterocycles. The average molecular weight is 390 g/mol. The Balaban J connectivity index is 1.86.